The number of amides is 1. The number of benzene rings is 2. The van der Waals surface area contributed by atoms with E-state index in [2.05, 4.69) is 10.3 Å². The number of nitrogens with zero attached hydrogens (tertiary/aromatic N) is 1. The van der Waals surface area contributed by atoms with Crippen LogP contribution in [0.25, 0.3) is 6.08 Å². The number of hydrogen-bond donors (Lipinski definition) is 1. The van der Waals surface area contributed by atoms with E-state index in [9.17, 15) is 4.79 Å². The fourth-order valence-electron chi connectivity index (χ4n) is 2.67. The molecule has 0 saturated heterocycles. The molecule has 0 spiro atoms. The Kier molecular flexibility index (Phi) is 7.05. The summed E-state index contributed by atoms with van der Waals surface area (Å²) in [5.41, 5.74) is 1.46. The highest BCUT2D eigenvalue weighted by Gasteiger charge is 2.07. The number of carbonyl (C=O) groups is 1. The van der Waals surface area contributed by atoms with E-state index >= 15 is 0 Å². The Morgan fingerprint density at radius 2 is 1.80 bits per heavy atom. The smallest absolute Gasteiger partial charge is 0.248 e. The zero-order valence-corrected chi connectivity index (χ0v) is 17.2. The summed E-state index contributed by atoms with van der Waals surface area (Å²) < 4.78 is 16.8. The third-order valence-corrected chi connectivity index (χ3v) is 3.96. The van der Waals surface area contributed by atoms with Crippen molar-refractivity contribution >= 4 is 17.7 Å². The number of pyridine rings is 1. The number of rotatable bonds is 8. The second-order valence-electron chi connectivity index (χ2n) is 6.71. The highest BCUT2D eigenvalue weighted by atomic mass is 16.5. The molecule has 0 atom stereocenters. The molecule has 3 aromatic rings. The van der Waals surface area contributed by atoms with Crippen LogP contribution in [0.1, 0.15) is 19.4 Å². The molecule has 0 aliphatic heterocycles. The van der Waals surface area contributed by atoms with Gasteiger partial charge in [-0.3, -0.25) is 9.78 Å². The van der Waals surface area contributed by atoms with Gasteiger partial charge in [-0.1, -0.05) is 12.1 Å². The summed E-state index contributed by atoms with van der Waals surface area (Å²) >= 11 is 0. The summed E-state index contributed by atoms with van der Waals surface area (Å²) in [6, 6.07) is 16.2. The molecule has 1 amide bonds. The minimum Gasteiger partial charge on any atom is -0.493 e. The maximum Gasteiger partial charge on any atom is 0.248 e. The van der Waals surface area contributed by atoms with E-state index < -0.39 is 0 Å². The van der Waals surface area contributed by atoms with Gasteiger partial charge in [0.15, 0.2) is 11.5 Å². The molecular formula is C24H24N2O4. The van der Waals surface area contributed by atoms with Crippen molar-refractivity contribution in [3.8, 4) is 23.0 Å². The van der Waals surface area contributed by atoms with Gasteiger partial charge in [0.2, 0.25) is 5.91 Å². The van der Waals surface area contributed by atoms with Gasteiger partial charge >= 0.3 is 0 Å². The van der Waals surface area contributed by atoms with Crippen molar-refractivity contribution in [2.24, 2.45) is 0 Å². The maximum atomic E-state index is 12.3. The number of nitrogens with one attached hydrogen (secondary N) is 1. The van der Waals surface area contributed by atoms with Crippen LogP contribution in [-0.2, 0) is 4.79 Å². The second-order valence-corrected chi connectivity index (χ2v) is 6.71. The normalized spacial score (nSPS) is 10.8. The van der Waals surface area contributed by atoms with E-state index in [0.717, 1.165) is 5.56 Å². The zero-order valence-electron chi connectivity index (χ0n) is 17.2. The van der Waals surface area contributed by atoms with E-state index in [4.69, 9.17) is 14.2 Å². The predicted molar refractivity (Wildman–Crippen MR) is 117 cm³/mol. The van der Waals surface area contributed by atoms with Gasteiger partial charge in [-0.15, -0.1) is 0 Å². The number of anilines is 1. The van der Waals surface area contributed by atoms with Gasteiger partial charge in [0.25, 0.3) is 0 Å². The predicted octanol–water partition coefficient (Wildman–Crippen LogP) is 5.32. The number of methoxy groups -OCH3 is 1. The van der Waals surface area contributed by atoms with Crippen LogP contribution in [0.15, 0.2) is 73.1 Å². The van der Waals surface area contributed by atoms with Gasteiger partial charge in [-0.25, -0.2) is 0 Å². The Morgan fingerprint density at radius 1 is 1.00 bits per heavy atom. The Bertz CT molecular complexity index is 1020. The SMILES string of the molecule is COc1cc(C=CC(=O)Nc2cccc(Oc3ccncc3)c2)ccc1OC(C)C. The van der Waals surface area contributed by atoms with Crippen molar-refractivity contribution in [1.82, 2.24) is 4.98 Å². The lowest BCUT2D eigenvalue weighted by molar-refractivity contribution is -0.111. The molecule has 1 N–H and O–H groups in total. The number of hydrogen-bond acceptors (Lipinski definition) is 5. The van der Waals surface area contributed by atoms with Gasteiger partial charge in [-0.05, 0) is 61.9 Å². The summed E-state index contributed by atoms with van der Waals surface area (Å²) in [6.45, 7) is 3.91. The van der Waals surface area contributed by atoms with Gasteiger partial charge in [0, 0.05) is 30.2 Å². The third-order valence-electron chi connectivity index (χ3n) is 3.96. The molecule has 6 heteroatoms. The summed E-state index contributed by atoms with van der Waals surface area (Å²) in [5, 5.41) is 2.83. The van der Waals surface area contributed by atoms with Crippen LogP contribution in [0.4, 0.5) is 5.69 Å². The second kappa shape index (κ2) is 10.1. The fourth-order valence-corrected chi connectivity index (χ4v) is 2.67. The first kappa shape index (κ1) is 20.9. The van der Waals surface area contributed by atoms with Crippen molar-refractivity contribution in [3.05, 3.63) is 78.6 Å². The minimum atomic E-state index is -0.252. The molecule has 154 valence electrons. The Morgan fingerprint density at radius 3 is 2.53 bits per heavy atom. The molecule has 2 aromatic carbocycles. The standard InChI is InChI=1S/C24H24N2O4/c1-17(2)29-22-9-7-18(15-23(22)28-3)8-10-24(27)26-19-5-4-6-21(16-19)30-20-11-13-25-14-12-20/h4-17H,1-3H3,(H,26,27). The monoisotopic (exact) mass is 404 g/mol. The molecule has 0 fully saturated rings. The van der Waals surface area contributed by atoms with E-state index in [0.29, 0.717) is 28.7 Å². The topological polar surface area (TPSA) is 69.7 Å². The van der Waals surface area contributed by atoms with Crippen molar-refractivity contribution in [3.63, 3.8) is 0 Å². The quantitative estimate of drug-likeness (QED) is 0.515. The summed E-state index contributed by atoms with van der Waals surface area (Å²) in [6.07, 6.45) is 6.54. The molecule has 0 saturated carbocycles. The lowest BCUT2D eigenvalue weighted by atomic mass is 10.2. The first-order valence-electron chi connectivity index (χ1n) is 9.55. The number of ether oxygens (including phenoxy) is 3. The van der Waals surface area contributed by atoms with Crippen LogP contribution >= 0.6 is 0 Å². The van der Waals surface area contributed by atoms with Gasteiger partial charge < -0.3 is 19.5 Å². The van der Waals surface area contributed by atoms with Crippen LogP contribution in [0.2, 0.25) is 0 Å². The van der Waals surface area contributed by atoms with Crippen LogP contribution in [0, 0.1) is 0 Å². The molecule has 0 bridgehead atoms. The van der Waals surface area contributed by atoms with E-state index in [-0.39, 0.29) is 12.0 Å². The molecule has 30 heavy (non-hydrogen) atoms. The average molecular weight is 404 g/mol. The number of aromatic nitrogens is 1. The molecule has 0 unspecified atom stereocenters. The van der Waals surface area contributed by atoms with Crippen LogP contribution < -0.4 is 19.5 Å². The molecular weight excluding hydrogens is 380 g/mol. The molecule has 0 radical (unpaired) electrons. The maximum absolute atomic E-state index is 12.3. The summed E-state index contributed by atoms with van der Waals surface area (Å²) in [4.78, 5) is 16.3. The molecule has 3 rings (SSSR count). The van der Waals surface area contributed by atoms with E-state index in [1.54, 1.807) is 49.8 Å². The van der Waals surface area contributed by atoms with E-state index in [1.165, 1.54) is 6.08 Å². The summed E-state index contributed by atoms with van der Waals surface area (Å²) in [5.74, 6) is 2.32. The molecule has 0 aliphatic rings. The first-order valence-corrected chi connectivity index (χ1v) is 9.55. The highest BCUT2D eigenvalue weighted by Crippen LogP contribution is 2.29. The Balaban J connectivity index is 1.64. The van der Waals surface area contributed by atoms with Gasteiger partial charge in [-0.2, -0.15) is 0 Å². The summed E-state index contributed by atoms with van der Waals surface area (Å²) in [7, 11) is 1.59. The van der Waals surface area contributed by atoms with Crippen LogP contribution in [0.3, 0.4) is 0 Å². The first-order chi connectivity index (χ1) is 14.5. The van der Waals surface area contributed by atoms with E-state index in [1.807, 2.05) is 44.2 Å². The zero-order chi connectivity index (χ0) is 21.3. The van der Waals surface area contributed by atoms with Gasteiger partial charge in [0.05, 0.1) is 13.2 Å². The Hall–Kier alpha value is -3.80. The third kappa shape index (κ3) is 6.10. The molecule has 0 aliphatic carbocycles. The minimum absolute atomic E-state index is 0.0457. The van der Waals surface area contributed by atoms with Crippen molar-refractivity contribution in [1.29, 1.82) is 0 Å². The molecule has 6 nitrogen and oxygen atoms in total. The average Bonchev–Trinajstić information content (AvgIpc) is 2.73. The highest BCUT2D eigenvalue weighted by molar-refractivity contribution is 6.02. The largest absolute Gasteiger partial charge is 0.493 e. The Labute approximate surface area is 176 Å². The van der Waals surface area contributed by atoms with Crippen molar-refractivity contribution < 1.29 is 19.0 Å². The van der Waals surface area contributed by atoms with Gasteiger partial charge in [0.1, 0.15) is 11.5 Å². The van der Waals surface area contributed by atoms with Crippen molar-refractivity contribution in [2.45, 2.75) is 20.0 Å². The molecule has 1 aromatic heterocycles. The van der Waals surface area contributed by atoms with Crippen LogP contribution in [0.5, 0.6) is 23.0 Å². The molecule has 1 heterocycles. The number of carbonyl (C=O) groups excluding carboxylic acids is 1. The van der Waals surface area contributed by atoms with Crippen molar-refractivity contribution in [2.75, 3.05) is 12.4 Å². The van der Waals surface area contributed by atoms with Crippen LogP contribution in [-0.4, -0.2) is 24.1 Å². The fraction of sp³-hybridized carbons (Fsp3) is 0.167. The lowest BCUT2D eigenvalue weighted by Crippen LogP contribution is -2.08. The lowest BCUT2D eigenvalue weighted by Gasteiger charge is -2.13.